The van der Waals surface area contributed by atoms with Gasteiger partial charge in [-0.3, -0.25) is 9.78 Å². The molecule has 0 bridgehead atoms. The van der Waals surface area contributed by atoms with Crippen molar-refractivity contribution in [3.8, 4) is 0 Å². The SMILES string of the molecule is CN(CC(C)(C)CN)C(=O)c1ccnc2ccccc12. The van der Waals surface area contributed by atoms with Gasteiger partial charge in [-0.05, 0) is 24.1 Å². The molecule has 0 aliphatic heterocycles. The lowest BCUT2D eigenvalue weighted by molar-refractivity contribution is 0.0742. The molecule has 2 rings (SSSR count). The Morgan fingerprint density at radius 1 is 1.30 bits per heavy atom. The van der Waals surface area contributed by atoms with Crippen LogP contribution in [0.4, 0.5) is 0 Å². The van der Waals surface area contributed by atoms with Crippen LogP contribution < -0.4 is 5.73 Å². The summed E-state index contributed by atoms with van der Waals surface area (Å²) in [5.41, 5.74) is 7.17. The molecule has 0 radical (unpaired) electrons. The molecule has 4 heteroatoms. The van der Waals surface area contributed by atoms with E-state index in [1.54, 1.807) is 17.2 Å². The molecule has 0 saturated heterocycles. The molecule has 2 N–H and O–H groups in total. The van der Waals surface area contributed by atoms with Gasteiger partial charge in [0.05, 0.1) is 11.1 Å². The Bertz CT molecular complexity index is 617. The molecular weight excluding hydrogens is 250 g/mol. The van der Waals surface area contributed by atoms with Crippen molar-refractivity contribution in [2.75, 3.05) is 20.1 Å². The second kappa shape index (κ2) is 5.59. The zero-order valence-electron chi connectivity index (χ0n) is 12.3. The van der Waals surface area contributed by atoms with Crippen molar-refractivity contribution >= 4 is 16.8 Å². The minimum absolute atomic E-state index is 0.00475. The fourth-order valence-corrected chi connectivity index (χ4v) is 2.27. The van der Waals surface area contributed by atoms with Crippen molar-refractivity contribution in [3.05, 3.63) is 42.1 Å². The number of hydrogen-bond donors (Lipinski definition) is 1. The molecule has 1 aromatic heterocycles. The van der Waals surface area contributed by atoms with E-state index in [2.05, 4.69) is 18.8 Å². The molecule has 2 aromatic rings. The fourth-order valence-electron chi connectivity index (χ4n) is 2.27. The van der Waals surface area contributed by atoms with Crippen LogP contribution >= 0.6 is 0 Å². The second-order valence-corrected chi connectivity index (χ2v) is 5.91. The first-order valence-electron chi connectivity index (χ1n) is 6.74. The first-order valence-corrected chi connectivity index (χ1v) is 6.74. The fraction of sp³-hybridized carbons (Fsp3) is 0.375. The monoisotopic (exact) mass is 271 g/mol. The van der Waals surface area contributed by atoms with Crippen molar-refractivity contribution in [2.45, 2.75) is 13.8 Å². The number of amides is 1. The topological polar surface area (TPSA) is 59.2 Å². The molecule has 0 fully saturated rings. The standard InChI is InChI=1S/C16H21N3O/c1-16(2,10-17)11-19(3)15(20)13-8-9-18-14-7-5-4-6-12(13)14/h4-9H,10-11,17H2,1-3H3. The Balaban J connectivity index is 2.32. The maximum absolute atomic E-state index is 12.6. The molecule has 1 aromatic carbocycles. The van der Waals surface area contributed by atoms with Crippen LogP contribution in [-0.4, -0.2) is 35.9 Å². The van der Waals surface area contributed by atoms with Gasteiger partial charge in [-0.15, -0.1) is 0 Å². The van der Waals surface area contributed by atoms with Crippen molar-refractivity contribution in [2.24, 2.45) is 11.1 Å². The van der Waals surface area contributed by atoms with Crippen LogP contribution in [-0.2, 0) is 0 Å². The lowest BCUT2D eigenvalue weighted by Crippen LogP contribution is -2.39. The smallest absolute Gasteiger partial charge is 0.254 e. The number of carbonyl (C=O) groups excluding carboxylic acids is 1. The summed E-state index contributed by atoms with van der Waals surface area (Å²) < 4.78 is 0. The van der Waals surface area contributed by atoms with Crippen LogP contribution in [0.5, 0.6) is 0 Å². The predicted octanol–water partition coefficient (Wildman–Crippen LogP) is 2.29. The summed E-state index contributed by atoms with van der Waals surface area (Å²) in [6.07, 6.45) is 1.68. The Hall–Kier alpha value is -1.94. The Morgan fingerprint density at radius 2 is 2.00 bits per heavy atom. The number of pyridine rings is 1. The highest BCUT2D eigenvalue weighted by Crippen LogP contribution is 2.20. The Kier molecular flexibility index (Phi) is 4.04. The molecule has 0 atom stereocenters. The van der Waals surface area contributed by atoms with Crippen LogP contribution in [0.2, 0.25) is 0 Å². The summed E-state index contributed by atoms with van der Waals surface area (Å²) >= 11 is 0. The maximum atomic E-state index is 12.6. The number of hydrogen-bond acceptors (Lipinski definition) is 3. The summed E-state index contributed by atoms with van der Waals surface area (Å²) in [6, 6.07) is 9.46. The van der Waals surface area contributed by atoms with E-state index >= 15 is 0 Å². The third kappa shape index (κ3) is 2.96. The van der Waals surface area contributed by atoms with Crippen LogP contribution in [0.3, 0.4) is 0 Å². The zero-order chi connectivity index (χ0) is 14.8. The summed E-state index contributed by atoms with van der Waals surface area (Å²) in [6.45, 7) is 5.28. The predicted molar refractivity (Wildman–Crippen MR) is 81.5 cm³/mol. The van der Waals surface area contributed by atoms with Gasteiger partial charge in [0.25, 0.3) is 5.91 Å². The van der Waals surface area contributed by atoms with E-state index in [1.807, 2.05) is 31.3 Å². The zero-order valence-corrected chi connectivity index (χ0v) is 12.3. The van der Waals surface area contributed by atoms with Gasteiger partial charge in [0, 0.05) is 25.2 Å². The van der Waals surface area contributed by atoms with E-state index in [0.717, 1.165) is 10.9 Å². The average molecular weight is 271 g/mol. The number of para-hydroxylation sites is 1. The van der Waals surface area contributed by atoms with E-state index in [-0.39, 0.29) is 11.3 Å². The molecule has 0 saturated carbocycles. The minimum atomic E-state index is -0.0900. The van der Waals surface area contributed by atoms with Crippen LogP contribution in [0, 0.1) is 5.41 Å². The summed E-state index contributed by atoms with van der Waals surface area (Å²) in [7, 11) is 1.81. The number of nitrogens with zero attached hydrogens (tertiary/aromatic N) is 2. The van der Waals surface area contributed by atoms with Crippen LogP contribution in [0.1, 0.15) is 24.2 Å². The van der Waals surface area contributed by atoms with Gasteiger partial charge >= 0.3 is 0 Å². The van der Waals surface area contributed by atoms with Crippen molar-refractivity contribution in [1.29, 1.82) is 0 Å². The molecule has 4 nitrogen and oxygen atoms in total. The largest absolute Gasteiger partial charge is 0.341 e. The minimum Gasteiger partial charge on any atom is -0.341 e. The summed E-state index contributed by atoms with van der Waals surface area (Å²) in [5, 5.41) is 0.886. The molecule has 0 aliphatic carbocycles. The normalized spacial score (nSPS) is 11.6. The highest BCUT2D eigenvalue weighted by Gasteiger charge is 2.22. The van der Waals surface area contributed by atoms with E-state index in [1.165, 1.54) is 0 Å². The quantitative estimate of drug-likeness (QED) is 0.928. The lowest BCUT2D eigenvalue weighted by atomic mass is 9.93. The van der Waals surface area contributed by atoms with Gasteiger partial charge in [0.1, 0.15) is 0 Å². The van der Waals surface area contributed by atoms with Gasteiger partial charge in [-0.1, -0.05) is 32.0 Å². The lowest BCUT2D eigenvalue weighted by Gasteiger charge is -2.29. The number of benzene rings is 1. The van der Waals surface area contributed by atoms with Gasteiger partial charge < -0.3 is 10.6 Å². The van der Waals surface area contributed by atoms with E-state index < -0.39 is 0 Å². The highest BCUT2D eigenvalue weighted by molar-refractivity contribution is 6.05. The molecule has 1 amide bonds. The number of aromatic nitrogens is 1. The maximum Gasteiger partial charge on any atom is 0.254 e. The van der Waals surface area contributed by atoms with Gasteiger partial charge in [0.2, 0.25) is 0 Å². The van der Waals surface area contributed by atoms with Crippen molar-refractivity contribution < 1.29 is 4.79 Å². The van der Waals surface area contributed by atoms with Crippen molar-refractivity contribution in [1.82, 2.24) is 9.88 Å². The molecule has 20 heavy (non-hydrogen) atoms. The van der Waals surface area contributed by atoms with E-state index in [4.69, 9.17) is 5.73 Å². The molecule has 0 aliphatic rings. The second-order valence-electron chi connectivity index (χ2n) is 5.91. The van der Waals surface area contributed by atoms with Gasteiger partial charge in [0.15, 0.2) is 0 Å². The van der Waals surface area contributed by atoms with Gasteiger partial charge in [-0.2, -0.15) is 0 Å². The Labute approximate surface area is 119 Å². The third-order valence-corrected chi connectivity index (χ3v) is 3.44. The summed E-state index contributed by atoms with van der Waals surface area (Å²) in [4.78, 5) is 18.6. The Morgan fingerprint density at radius 3 is 2.70 bits per heavy atom. The first kappa shape index (κ1) is 14.5. The van der Waals surface area contributed by atoms with E-state index in [0.29, 0.717) is 18.7 Å². The number of nitrogens with two attached hydrogens (primary N) is 1. The first-order chi connectivity index (χ1) is 9.44. The van der Waals surface area contributed by atoms with Crippen molar-refractivity contribution in [3.63, 3.8) is 0 Å². The number of rotatable bonds is 4. The average Bonchev–Trinajstić information content (AvgIpc) is 2.45. The molecule has 0 unspecified atom stereocenters. The van der Waals surface area contributed by atoms with E-state index in [9.17, 15) is 4.79 Å². The molecule has 1 heterocycles. The molecule has 0 spiro atoms. The summed E-state index contributed by atoms with van der Waals surface area (Å²) in [5.74, 6) is 0.00475. The third-order valence-electron chi connectivity index (χ3n) is 3.44. The molecular formula is C16H21N3O. The number of fused-ring (bicyclic) bond motifs is 1. The highest BCUT2D eigenvalue weighted by atomic mass is 16.2. The van der Waals surface area contributed by atoms with Gasteiger partial charge in [-0.25, -0.2) is 0 Å². The van der Waals surface area contributed by atoms with Crippen LogP contribution in [0.25, 0.3) is 10.9 Å². The van der Waals surface area contributed by atoms with Crippen LogP contribution in [0.15, 0.2) is 36.5 Å². The molecule has 106 valence electrons. The number of carbonyl (C=O) groups is 1.